The van der Waals surface area contributed by atoms with Crippen LogP contribution in [0.5, 0.6) is 0 Å². The van der Waals surface area contributed by atoms with E-state index in [0.717, 1.165) is 0 Å². The van der Waals surface area contributed by atoms with Gasteiger partial charge in [0.2, 0.25) is 24.2 Å². The third-order valence-electron chi connectivity index (χ3n) is 6.37. The first kappa shape index (κ1) is 37.6. The number of aliphatic carboxylic acids is 2. The Balaban J connectivity index is 7.57. The molecule has 12 heteroatoms. The SMILES string of the molecule is CCOC(OC)C(OCC)(OCC)C(CCCCCCC(=O)O)(C(=O)O)C(OCC)(OCC)C(OC)OCC. The summed E-state index contributed by atoms with van der Waals surface area (Å²) in [6, 6.07) is 0. The second kappa shape index (κ2) is 19.7. The molecule has 0 aliphatic rings. The van der Waals surface area contributed by atoms with Crippen LogP contribution in [0.3, 0.4) is 0 Å². The minimum Gasteiger partial charge on any atom is -0.481 e. The van der Waals surface area contributed by atoms with Crippen molar-refractivity contribution < 1.29 is 57.7 Å². The van der Waals surface area contributed by atoms with Crippen LogP contribution in [0.1, 0.15) is 80.1 Å². The lowest BCUT2D eigenvalue weighted by Gasteiger charge is -2.57. The van der Waals surface area contributed by atoms with Crippen molar-refractivity contribution in [2.24, 2.45) is 5.41 Å². The van der Waals surface area contributed by atoms with E-state index in [9.17, 15) is 14.7 Å². The van der Waals surface area contributed by atoms with Gasteiger partial charge in [0.1, 0.15) is 0 Å². The van der Waals surface area contributed by atoms with E-state index >= 15 is 0 Å². The summed E-state index contributed by atoms with van der Waals surface area (Å²) in [5, 5.41) is 20.3. The highest BCUT2D eigenvalue weighted by Crippen LogP contribution is 2.55. The number of hydrogen-bond donors (Lipinski definition) is 2. The number of hydrogen-bond acceptors (Lipinski definition) is 10. The first-order chi connectivity index (χ1) is 18.6. The minimum atomic E-state index is -2.17. The van der Waals surface area contributed by atoms with Crippen molar-refractivity contribution >= 4 is 11.9 Å². The fraction of sp³-hybridized carbons (Fsp3) is 0.926. The summed E-state index contributed by atoms with van der Waals surface area (Å²) in [5.41, 5.74) is -2.17. The molecule has 0 spiro atoms. The molecule has 0 heterocycles. The highest BCUT2D eigenvalue weighted by molar-refractivity contribution is 5.78. The summed E-state index contributed by atoms with van der Waals surface area (Å²) in [5.74, 6) is -6.41. The Bertz CT molecular complexity index is 625. The minimum absolute atomic E-state index is 0.0277. The number of carbonyl (C=O) groups is 2. The Morgan fingerprint density at radius 3 is 1.28 bits per heavy atom. The molecule has 0 saturated heterocycles. The van der Waals surface area contributed by atoms with Gasteiger partial charge in [-0.3, -0.25) is 9.59 Å². The van der Waals surface area contributed by atoms with E-state index < -0.39 is 41.5 Å². The summed E-state index contributed by atoms with van der Waals surface area (Å²) in [7, 11) is 2.76. The van der Waals surface area contributed by atoms with E-state index in [4.69, 9.17) is 43.0 Å². The average molecular weight is 569 g/mol. The molecule has 0 fully saturated rings. The topological polar surface area (TPSA) is 148 Å². The summed E-state index contributed by atoms with van der Waals surface area (Å²) >= 11 is 0. The molecule has 232 valence electrons. The third kappa shape index (κ3) is 8.80. The number of carboxylic acid groups (broad SMARTS) is 2. The Hall–Kier alpha value is -1.38. The Morgan fingerprint density at radius 2 is 1.00 bits per heavy atom. The summed E-state index contributed by atoms with van der Waals surface area (Å²) in [4.78, 5) is 24.8. The maximum Gasteiger partial charge on any atom is 0.321 e. The second-order valence-corrected chi connectivity index (χ2v) is 8.63. The molecule has 0 aromatic rings. The van der Waals surface area contributed by atoms with Gasteiger partial charge in [-0.15, -0.1) is 0 Å². The van der Waals surface area contributed by atoms with Crippen molar-refractivity contribution in [2.75, 3.05) is 53.9 Å². The van der Waals surface area contributed by atoms with Crippen LogP contribution in [0.15, 0.2) is 0 Å². The maximum absolute atomic E-state index is 13.9. The predicted molar refractivity (Wildman–Crippen MR) is 142 cm³/mol. The van der Waals surface area contributed by atoms with Crippen LogP contribution >= 0.6 is 0 Å². The lowest BCUT2D eigenvalue weighted by Crippen LogP contribution is -2.77. The van der Waals surface area contributed by atoms with Crippen LogP contribution in [0.25, 0.3) is 0 Å². The van der Waals surface area contributed by atoms with Crippen LogP contribution in [0.4, 0.5) is 0 Å². The average Bonchev–Trinajstić information content (AvgIpc) is 2.89. The first-order valence-corrected chi connectivity index (χ1v) is 13.9. The predicted octanol–water partition coefficient (Wildman–Crippen LogP) is 4.04. The molecule has 0 aromatic heterocycles. The summed E-state index contributed by atoms with van der Waals surface area (Å²) in [6.07, 6.45) is -0.791. The quantitative estimate of drug-likeness (QED) is 0.115. The van der Waals surface area contributed by atoms with E-state index in [1.165, 1.54) is 14.2 Å². The van der Waals surface area contributed by atoms with Gasteiger partial charge in [0.05, 0.1) is 0 Å². The Morgan fingerprint density at radius 1 is 0.615 bits per heavy atom. The zero-order valence-corrected chi connectivity index (χ0v) is 25.1. The van der Waals surface area contributed by atoms with Gasteiger partial charge in [0, 0.05) is 60.3 Å². The molecule has 0 amide bonds. The molecule has 2 atom stereocenters. The van der Waals surface area contributed by atoms with Crippen LogP contribution < -0.4 is 0 Å². The van der Waals surface area contributed by atoms with E-state index in [-0.39, 0.29) is 52.5 Å². The van der Waals surface area contributed by atoms with Crippen LogP contribution in [-0.2, 0) is 47.5 Å². The number of ether oxygens (including phenoxy) is 8. The molecule has 2 unspecified atom stereocenters. The second-order valence-electron chi connectivity index (χ2n) is 8.63. The Kier molecular flexibility index (Phi) is 19.0. The monoisotopic (exact) mass is 568 g/mol. The number of rotatable bonds is 26. The third-order valence-corrected chi connectivity index (χ3v) is 6.37. The van der Waals surface area contributed by atoms with Crippen LogP contribution in [0.2, 0.25) is 0 Å². The van der Waals surface area contributed by atoms with Gasteiger partial charge < -0.3 is 48.1 Å². The van der Waals surface area contributed by atoms with Crippen LogP contribution in [-0.4, -0.2) is 100 Å². The largest absolute Gasteiger partial charge is 0.481 e. The van der Waals surface area contributed by atoms with Gasteiger partial charge in [-0.1, -0.05) is 19.3 Å². The molecule has 0 aliphatic carbocycles. The first-order valence-electron chi connectivity index (χ1n) is 13.9. The highest BCUT2D eigenvalue weighted by atomic mass is 16.8. The number of carboxylic acids is 2. The molecule has 0 aromatic carbocycles. The number of methoxy groups -OCH3 is 2. The lowest BCUT2D eigenvalue weighted by atomic mass is 9.66. The molecule has 12 nitrogen and oxygen atoms in total. The summed E-state index contributed by atoms with van der Waals surface area (Å²) in [6.45, 7) is 10.8. The van der Waals surface area contributed by atoms with E-state index in [0.29, 0.717) is 25.7 Å². The highest BCUT2D eigenvalue weighted by Gasteiger charge is 2.77. The van der Waals surface area contributed by atoms with Gasteiger partial charge in [0.25, 0.3) is 0 Å². The normalized spacial score (nSPS) is 15.6. The van der Waals surface area contributed by atoms with E-state index in [1.807, 2.05) is 0 Å². The zero-order chi connectivity index (χ0) is 30.0. The van der Waals surface area contributed by atoms with E-state index in [2.05, 4.69) is 0 Å². The molecule has 0 saturated carbocycles. The van der Waals surface area contributed by atoms with Crippen molar-refractivity contribution in [3.05, 3.63) is 0 Å². The van der Waals surface area contributed by atoms with E-state index in [1.54, 1.807) is 41.5 Å². The lowest BCUT2D eigenvalue weighted by molar-refractivity contribution is -0.464. The molecule has 0 radical (unpaired) electrons. The summed E-state index contributed by atoms with van der Waals surface area (Å²) < 4.78 is 48.4. The van der Waals surface area contributed by atoms with Gasteiger partial charge in [-0.25, -0.2) is 0 Å². The molecule has 2 N–H and O–H groups in total. The van der Waals surface area contributed by atoms with Gasteiger partial charge in [-0.2, -0.15) is 0 Å². The van der Waals surface area contributed by atoms with Crippen LogP contribution in [0, 0.1) is 5.41 Å². The smallest absolute Gasteiger partial charge is 0.321 e. The maximum atomic E-state index is 13.9. The molecule has 0 aliphatic heterocycles. The van der Waals surface area contributed by atoms with Crippen molar-refractivity contribution in [1.29, 1.82) is 0 Å². The Labute approximate surface area is 233 Å². The van der Waals surface area contributed by atoms with Crippen molar-refractivity contribution in [3.63, 3.8) is 0 Å². The van der Waals surface area contributed by atoms with Crippen molar-refractivity contribution in [2.45, 2.75) is 104 Å². The van der Waals surface area contributed by atoms with Gasteiger partial charge in [0.15, 0.2) is 5.41 Å². The van der Waals surface area contributed by atoms with Crippen molar-refractivity contribution in [3.8, 4) is 0 Å². The molecule has 39 heavy (non-hydrogen) atoms. The molecule has 0 rings (SSSR count). The standard InChI is InChI=1S/C27H52O12/c1-9-34-23(32-7)26(36-11-3,37-12-4)25(22(30)31,20-18-16-15-17-19-21(28)29)27(38-13-5,39-14-6)24(33-8)35-10-2/h23-24H,9-20H2,1-8H3,(H,28,29)(H,30,31). The number of unbranched alkanes of at least 4 members (excludes halogenated alkanes) is 3. The van der Waals surface area contributed by atoms with Gasteiger partial charge in [-0.05, 0) is 54.4 Å². The fourth-order valence-electron chi connectivity index (χ4n) is 5.09. The zero-order valence-electron chi connectivity index (χ0n) is 25.1. The van der Waals surface area contributed by atoms with Crippen molar-refractivity contribution in [1.82, 2.24) is 0 Å². The molecular weight excluding hydrogens is 516 g/mol. The molecule has 0 bridgehead atoms. The molecular formula is C27H52O12. The fourth-order valence-corrected chi connectivity index (χ4v) is 5.09. The van der Waals surface area contributed by atoms with Gasteiger partial charge >= 0.3 is 11.9 Å².